The first-order valence-electron chi connectivity index (χ1n) is 12.3. The van der Waals surface area contributed by atoms with Crippen LogP contribution in [0.25, 0.3) is 0 Å². The third kappa shape index (κ3) is 31.3. The number of phenols is 2. The summed E-state index contributed by atoms with van der Waals surface area (Å²) in [6, 6.07) is 15.5. The zero-order valence-electron chi connectivity index (χ0n) is 25.5. The van der Waals surface area contributed by atoms with Gasteiger partial charge < -0.3 is 56.7 Å². The number of hydrogen-bond donors (Lipinski definition) is 8. The maximum atomic E-state index is 10.9. The smallest absolute Gasteiger partial charge is 1.00 e. The number of benzene rings is 2. The van der Waals surface area contributed by atoms with E-state index in [4.69, 9.17) is 44.0 Å². The van der Waals surface area contributed by atoms with Gasteiger partial charge in [0.1, 0.15) is 11.5 Å². The number of hydrazine groups is 1. The van der Waals surface area contributed by atoms with E-state index < -0.39 is 61.4 Å². The van der Waals surface area contributed by atoms with Crippen molar-refractivity contribution in [1.29, 1.82) is 0 Å². The van der Waals surface area contributed by atoms with Crippen molar-refractivity contribution in [3.8, 4) is 11.5 Å². The van der Waals surface area contributed by atoms with Gasteiger partial charge in [-0.15, -0.1) is 0 Å². The zero-order chi connectivity index (χ0) is 33.7. The van der Waals surface area contributed by atoms with Crippen LogP contribution in [0.2, 0.25) is 0 Å². The molecule has 1 saturated heterocycles. The van der Waals surface area contributed by atoms with Crippen LogP contribution >= 0.6 is 0 Å². The number of hydrogen-bond acceptors (Lipinski definition) is 12. The molecule has 1 amide bonds. The molecule has 3 rings (SSSR count). The second kappa shape index (κ2) is 30.4. The van der Waals surface area contributed by atoms with Crippen LogP contribution < -0.4 is 108 Å². The van der Waals surface area contributed by atoms with Crippen molar-refractivity contribution in [2.45, 2.75) is 6.42 Å². The number of nitrogens with zero attached hydrogens (tertiary/aromatic N) is 3. The Hall–Kier alpha value is -1.70. The molecule has 1 unspecified atom stereocenters. The average molecular weight is 788 g/mol. The van der Waals surface area contributed by atoms with E-state index in [9.17, 15) is 24.0 Å². The Morgan fingerprint density at radius 3 is 1.34 bits per heavy atom. The summed E-state index contributed by atoms with van der Waals surface area (Å²) in [5.41, 5.74) is 3.81. The Labute approximate surface area is 347 Å². The van der Waals surface area contributed by atoms with Crippen LogP contribution in [-0.2, 0) is 35.3 Å². The summed E-state index contributed by atoms with van der Waals surface area (Å²) in [6.45, 7) is -1.48. The van der Waals surface area contributed by atoms with E-state index in [0.717, 1.165) is 22.0 Å². The minimum absolute atomic E-state index is 0. The maximum Gasteiger partial charge on any atom is 1.00 e. The molecule has 1 heterocycles. The third-order valence-electron chi connectivity index (χ3n) is 4.91. The molecule has 252 valence electrons. The number of anilines is 1. The van der Waals surface area contributed by atoms with Gasteiger partial charge in [0.15, 0.2) is 0 Å². The van der Waals surface area contributed by atoms with Crippen LogP contribution in [0.1, 0.15) is 6.42 Å². The fourth-order valence-corrected chi connectivity index (χ4v) is 3.21. The predicted octanol–water partition coefficient (Wildman–Crippen LogP) is -9.70. The van der Waals surface area contributed by atoms with Gasteiger partial charge in [-0.25, -0.2) is 4.21 Å². The molecular weight excluding hydrogens is 754 g/mol. The van der Waals surface area contributed by atoms with Crippen molar-refractivity contribution >= 4 is 46.8 Å². The number of nitrogens with one attached hydrogen (secondary N) is 1. The van der Waals surface area contributed by atoms with E-state index in [1.54, 1.807) is 0 Å². The number of carbonyl (C=O) groups is 5. The number of carbonyl (C=O) groups excluding carboxylic acids is 1. The standard InChI is InChI=1S/C10H16N2O8.C9H10N2O.C6H6O2.BrH.K.Na.H2O3S/c13-7(14)3-11(4-8(15)16)1-2-12(5-9(17)18)6-10(19)20;12-9-6-7-11(10-9)8-4-2-1-3-5-8;7-5-1-2-6(8)4-3-5;;;;1-4(2)3/h1-6H2,(H,13,14)(H,15,16)(H,17,18)(H,19,20);1-5H,6-7H2,(H,10,12);1-4,7-8H;1H;;;(H2,1,2,3)/q;;;;2*+1;/p-2. The fourth-order valence-electron chi connectivity index (χ4n) is 3.21. The number of carboxylic acid groups (broad SMARTS) is 4. The van der Waals surface area contributed by atoms with Gasteiger partial charge in [0.2, 0.25) is 5.91 Å². The molecule has 1 aliphatic rings. The summed E-state index contributed by atoms with van der Waals surface area (Å²) in [7, 11) is 0. The third-order valence-corrected chi connectivity index (χ3v) is 4.91. The molecule has 0 radical (unpaired) electrons. The molecular formula is C25H33BrKN4NaO14S. The van der Waals surface area contributed by atoms with Crippen LogP contribution in [-0.4, -0.2) is 129 Å². The molecule has 8 N–H and O–H groups in total. The van der Waals surface area contributed by atoms with Crippen LogP contribution in [0, 0.1) is 0 Å². The van der Waals surface area contributed by atoms with E-state index >= 15 is 0 Å². The van der Waals surface area contributed by atoms with Gasteiger partial charge >= 0.3 is 105 Å². The van der Waals surface area contributed by atoms with Gasteiger partial charge in [-0.3, -0.25) is 44.2 Å². The minimum Gasteiger partial charge on any atom is -1.00 e. The van der Waals surface area contributed by atoms with Crippen molar-refractivity contribution in [1.82, 2.24) is 15.2 Å². The van der Waals surface area contributed by atoms with Crippen molar-refractivity contribution in [2.24, 2.45) is 0 Å². The maximum absolute atomic E-state index is 10.9. The Bertz CT molecular complexity index is 1140. The van der Waals surface area contributed by atoms with Gasteiger partial charge in [-0.1, -0.05) is 18.2 Å². The van der Waals surface area contributed by atoms with E-state index in [-0.39, 0.29) is 128 Å². The minimum atomic E-state index is -2.86. The van der Waals surface area contributed by atoms with Crippen molar-refractivity contribution in [3.63, 3.8) is 0 Å². The van der Waals surface area contributed by atoms with E-state index in [1.807, 2.05) is 35.3 Å². The summed E-state index contributed by atoms with van der Waals surface area (Å²) in [5, 5.41) is 53.6. The first-order valence-corrected chi connectivity index (χ1v) is 13.3. The molecule has 2 aromatic rings. The molecule has 2 aromatic carbocycles. The van der Waals surface area contributed by atoms with Crippen molar-refractivity contribution in [2.75, 3.05) is 50.8 Å². The first kappa shape index (κ1) is 52.1. The number of rotatable bonds is 12. The Kier molecular flexibility index (Phi) is 33.7. The van der Waals surface area contributed by atoms with Gasteiger partial charge in [0.05, 0.1) is 43.2 Å². The summed E-state index contributed by atoms with van der Waals surface area (Å²) < 4.78 is 24.1. The number of halogens is 1. The van der Waals surface area contributed by atoms with E-state index in [2.05, 4.69) is 5.43 Å². The molecule has 22 heteroatoms. The van der Waals surface area contributed by atoms with Crippen molar-refractivity contribution in [3.05, 3.63) is 54.6 Å². The molecule has 0 spiro atoms. The van der Waals surface area contributed by atoms with Gasteiger partial charge in [-0.2, -0.15) is 0 Å². The molecule has 1 fully saturated rings. The van der Waals surface area contributed by atoms with Crippen LogP contribution in [0.15, 0.2) is 54.6 Å². The van der Waals surface area contributed by atoms with Crippen LogP contribution in [0.5, 0.6) is 11.5 Å². The summed E-state index contributed by atoms with van der Waals surface area (Å²) in [6.07, 6.45) is 0.592. The quantitative estimate of drug-likeness (QED) is 0.0563. The molecule has 0 saturated carbocycles. The molecule has 1 aliphatic heterocycles. The number of carboxylic acids is 4. The average Bonchev–Trinajstić information content (AvgIpc) is 3.35. The number of para-hydroxylation sites is 1. The molecule has 0 aliphatic carbocycles. The molecule has 0 aromatic heterocycles. The second-order valence-corrected chi connectivity index (χ2v) is 8.94. The largest absolute Gasteiger partial charge is 1.00 e. The number of amides is 1. The summed E-state index contributed by atoms with van der Waals surface area (Å²) in [5.74, 6) is -4.48. The monoisotopic (exact) mass is 786 g/mol. The number of aromatic hydroxyl groups is 2. The SMILES string of the molecule is O=C(O)CN(CCN(CC(=O)O)CC(=O)O)CC(=O)O.O=C1CCN(c2ccccc2)N1.O=S([O-])O.Oc1ccc(O)cc1.[Br-].[K+].[Na+]. The van der Waals surface area contributed by atoms with Gasteiger partial charge in [0.25, 0.3) is 0 Å². The molecule has 1 atom stereocenters. The van der Waals surface area contributed by atoms with Gasteiger partial charge in [-0.05, 0) is 36.4 Å². The number of phenolic OH excluding ortho intramolecular Hbond substituents is 2. The zero-order valence-corrected chi connectivity index (χ0v) is 33.0. The predicted molar refractivity (Wildman–Crippen MR) is 151 cm³/mol. The fraction of sp³-hybridized carbons (Fsp3) is 0.320. The normalized spacial score (nSPS) is 11.6. The Morgan fingerprint density at radius 1 is 0.766 bits per heavy atom. The molecule has 0 bridgehead atoms. The topological polar surface area (TPSA) is 289 Å². The Morgan fingerprint density at radius 2 is 1.09 bits per heavy atom. The van der Waals surface area contributed by atoms with Gasteiger partial charge in [0, 0.05) is 26.1 Å². The summed E-state index contributed by atoms with van der Waals surface area (Å²) >= 11 is -2.86. The molecule has 18 nitrogen and oxygen atoms in total. The Balaban J connectivity index is -0.000000290. The molecule has 47 heavy (non-hydrogen) atoms. The second-order valence-electron chi connectivity index (χ2n) is 8.50. The van der Waals surface area contributed by atoms with E-state index in [1.165, 1.54) is 24.3 Å². The van der Waals surface area contributed by atoms with E-state index in [0.29, 0.717) is 6.42 Å². The van der Waals surface area contributed by atoms with Crippen LogP contribution in [0.4, 0.5) is 5.69 Å². The van der Waals surface area contributed by atoms with Crippen LogP contribution in [0.3, 0.4) is 0 Å². The number of aliphatic carboxylic acids is 4. The van der Waals surface area contributed by atoms with Crippen molar-refractivity contribution < 1.29 is 166 Å². The summed E-state index contributed by atoms with van der Waals surface area (Å²) in [4.78, 5) is 55.2. The first-order chi connectivity index (χ1) is 20.6.